The predicted molar refractivity (Wildman–Crippen MR) is 58.9 cm³/mol. The molecule has 6 heteroatoms. The van der Waals surface area contributed by atoms with E-state index in [1.54, 1.807) is 18.2 Å². The molecule has 0 unspecified atom stereocenters. The van der Waals surface area contributed by atoms with Crippen LogP contribution in [0.5, 0.6) is 5.75 Å². The number of rotatable bonds is 4. The van der Waals surface area contributed by atoms with Gasteiger partial charge < -0.3 is 4.74 Å². The zero-order valence-corrected chi connectivity index (χ0v) is 9.31. The van der Waals surface area contributed by atoms with E-state index < -0.39 is 0 Å². The number of halogens is 2. The van der Waals surface area contributed by atoms with Gasteiger partial charge in [0.05, 0.1) is 18.1 Å². The predicted octanol–water partition coefficient (Wildman–Crippen LogP) is 1.75. The molecule has 1 aromatic carbocycles. The summed E-state index contributed by atoms with van der Waals surface area (Å²) in [6.45, 7) is 0.198. The van der Waals surface area contributed by atoms with Crippen LogP contribution in [0.4, 0.5) is 0 Å². The highest BCUT2D eigenvalue weighted by molar-refractivity contribution is 6.34. The van der Waals surface area contributed by atoms with E-state index in [0.29, 0.717) is 15.8 Å². The molecule has 0 aromatic heterocycles. The average molecular weight is 249 g/mol. The van der Waals surface area contributed by atoms with Crippen LogP contribution in [-0.2, 0) is 4.79 Å². The van der Waals surface area contributed by atoms with Crippen molar-refractivity contribution in [2.24, 2.45) is 5.84 Å². The molecule has 0 fully saturated rings. The fourth-order valence-electron chi connectivity index (χ4n) is 0.914. The molecule has 0 spiro atoms. The second-order valence-corrected chi connectivity index (χ2v) is 3.58. The van der Waals surface area contributed by atoms with Crippen molar-refractivity contribution < 1.29 is 9.53 Å². The number of ether oxygens (including phenoxy) is 1. The highest BCUT2D eigenvalue weighted by atomic mass is 35.5. The number of hydrogen-bond donors (Lipinski definition) is 2. The summed E-state index contributed by atoms with van der Waals surface area (Å²) in [5.41, 5.74) is 2.00. The van der Waals surface area contributed by atoms with Gasteiger partial charge in [-0.3, -0.25) is 10.2 Å². The molecule has 4 nitrogen and oxygen atoms in total. The number of hydrogen-bond acceptors (Lipinski definition) is 3. The smallest absolute Gasteiger partial charge is 0.237 e. The molecule has 0 saturated heterocycles. The van der Waals surface area contributed by atoms with Crippen molar-refractivity contribution >= 4 is 29.1 Å². The van der Waals surface area contributed by atoms with Crippen molar-refractivity contribution in [3.63, 3.8) is 0 Å². The highest BCUT2D eigenvalue weighted by Crippen LogP contribution is 2.27. The van der Waals surface area contributed by atoms with Gasteiger partial charge in [-0.1, -0.05) is 23.2 Å². The summed E-state index contributed by atoms with van der Waals surface area (Å²) in [6, 6.07) is 4.87. The number of nitrogens with one attached hydrogen (secondary N) is 1. The molecular weight excluding hydrogens is 239 g/mol. The van der Waals surface area contributed by atoms with Gasteiger partial charge in [0.1, 0.15) is 5.75 Å². The van der Waals surface area contributed by atoms with Crippen molar-refractivity contribution in [1.29, 1.82) is 0 Å². The SMILES string of the molecule is NNC(=O)CCOc1cc(Cl)ccc1Cl. The number of carbonyl (C=O) groups is 1. The Kier molecular flexibility index (Phi) is 4.68. The molecule has 0 aliphatic rings. The van der Waals surface area contributed by atoms with E-state index in [1.165, 1.54) is 0 Å². The maximum atomic E-state index is 10.8. The minimum Gasteiger partial charge on any atom is -0.491 e. The normalized spacial score (nSPS) is 9.80. The van der Waals surface area contributed by atoms with E-state index >= 15 is 0 Å². The zero-order chi connectivity index (χ0) is 11.3. The Hall–Kier alpha value is -0.970. The first-order chi connectivity index (χ1) is 7.13. The number of hydrazine groups is 1. The molecule has 0 atom stereocenters. The fraction of sp³-hybridized carbons (Fsp3) is 0.222. The van der Waals surface area contributed by atoms with E-state index in [-0.39, 0.29) is 18.9 Å². The largest absolute Gasteiger partial charge is 0.491 e. The lowest BCUT2D eigenvalue weighted by Gasteiger charge is -2.07. The van der Waals surface area contributed by atoms with E-state index in [9.17, 15) is 4.79 Å². The zero-order valence-electron chi connectivity index (χ0n) is 7.80. The molecule has 1 amide bonds. The van der Waals surface area contributed by atoms with Crippen LogP contribution in [0.15, 0.2) is 18.2 Å². The van der Waals surface area contributed by atoms with Crippen LogP contribution in [0.25, 0.3) is 0 Å². The van der Waals surface area contributed by atoms with Crippen LogP contribution >= 0.6 is 23.2 Å². The minimum absolute atomic E-state index is 0.166. The molecule has 0 radical (unpaired) electrons. The minimum atomic E-state index is -0.298. The number of amides is 1. The molecule has 0 saturated carbocycles. The molecule has 0 aliphatic heterocycles. The highest BCUT2D eigenvalue weighted by Gasteiger charge is 2.04. The maximum absolute atomic E-state index is 10.8. The summed E-state index contributed by atoms with van der Waals surface area (Å²) < 4.78 is 5.26. The number of nitrogens with two attached hydrogens (primary N) is 1. The third-order valence-corrected chi connectivity index (χ3v) is 2.19. The lowest BCUT2D eigenvalue weighted by Crippen LogP contribution is -2.31. The van der Waals surface area contributed by atoms with Crippen molar-refractivity contribution in [2.75, 3.05) is 6.61 Å². The van der Waals surface area contributed by atoms with E-state index in [4.69, 9.17) is 33.8 Å². The van der Waals surface area contributed by atoms with E-state index in [0.717, 1.165) is 0 Å². The molecule has 15 heavy (non-hydrogen) atoms. The Morgan fingerprint density at radius 2 is 2.20 bits per heavy atom. The first kappa shape index (κ1) is 12.1. The second-order valence-electron chi connectivity index (χ2n) is 2.74. The van der Waals surface area contributed by atoms with Crippen molar-refractivity contribution in [1.82, 2.24) is 5.43 Å². The van der Waals surface area contributed by atoms with Gasteiger partial charge in [-0.25, -0.2) is 5.84 Å². The summed E-state index contributed by atoms with van der Waals surface area (Å²) in [4.78, 5) is 10.8. The quantitative estimate of drug-likeness (QED) is 0.485. The van der Waals surface area contributed by atoms with Gasteiger partial charge in [-0.05, 0) is 12.1 Å². The van der Waals surface area contributed by atoms with Gasteiger partial charge in [0.25, 0.3) is 0 Å². The summed E-state index contributed by atoms with van der Waals surface area (Å²) in [6.07, 6.45) is 0.166. The second kappa shape index (κ2) is 5.80. The van der Waals surface area contributed by atoms with Crippen LogP contribution in [0.3, 0.4) is 0 Å². The average Bonchev–Trinajstić information content (AvgIpc) is 2.23. The first-order valence-electron chi connectivity index (χ1n) is 4.21. The number of carbonyl (C=O) groups excluding carboxylic acids is 1. The van der Waals surface area contributed by atoms with Crippen LogP contribution in [0.2, 0.25) is 10.0 Å². The van der Waals surface area contributed by atoms with Gasteiger partial charge in [-0.15, -0.1) is 0 Å². The van der Waals surface area contributed by atoms with Crippen LogP contribution in [0, 0.1) is 0 Å². The number of benzene rings is 1. The van der Waals surface area contributed by atoms with Crippen molar-refractivity contribution in [3.8, 4) is 5.75 Å². The third-order valence-electron chi connectivity index (χ3n) is 1.64. The topological polar surface area (TPSA) is 64.3 Å². The molecule has 1 rings (SSSR count). The molecule has 3 N–H and O–H groups in total. The van der Waals surface area contributed by atoms with Gasteiger partial charge in [-0.2, -0.15) is 0 Å². The van der Waals surface area contributed by atoms with E-state index in [1.807, 2.05) is 5.43 Å². The van der Waals surface area contributed by atoms with Crippen molar-refractivity contribution in [2.45, 2.75) is 6.42 Å². The van der Waals surface area contributed by atoms with Gasteiger partial charge >= 0.3 is 0 Å². The Balaban J connectivity index is 2.50. The molecule has 1 aromatic rings. The molecule has 0 bridgehead atoms. The fourth-order valence-corrected chi connectivity index (χ4v) is 1.25. The van der Waals surface area contributed by atoms with Crippen LogP contribution in [0.1, 0.15) is 6.42 Å². The van der Waals surface area contributed by atoms with Crippen molar-refractivity contribution in [3.05, 3.63) is 28.2 Å². The van der Waals surface area contributed by atoms with E-state index in [2.05, 4.69) is 0 Å². The lowest BCUT2D eigenvalue weighted by molar-refractivity contribution is -0.121. The molecule has 0 heterocycles. The van der Waals surface area contributed by atoms with Crippen LogP contribution in [-0.4, -0.2) is 12.5 Å². The molecular formula is C9H10Cl2N2O2. The summed E-state index contributed by atoms with van der Waals surface area (Å²) in [5.74, 6) is 5.06. The summed E-state index contributed by atoms with van der Waals surface area (Å²) in [5, 5.41) is 0.977. The third kappa shape index (κ3) is 3.95. The Morgan fingerprint density at radius 3 is 2.87 bits per heavy atom. The first-order valence-corrected chi connectivity index (χ1v) is 4.96. The molecule has 82 valence electrons. The van der Waals surface area contributed by atoms with Gasteiger partial charge in [0.2, 0.25) is 5.91 Å². The molecule has 0 aliphatic carbocycles. The Labute approximate surface area is 97.3 Å². The summed E-state index contributed by atoms with van der Waals surface area (Å²) in [7, 11) is 0. The lowest BCUT2D eigenvalue weighted by atomic mass is 10.3. The van der Waals surface area contributed by atoms with Crippen LogP contribution < -0.4 is 16.0 Å². The maximum Gasteiger partial charge on any atom is 0.237 e. The Bertz CT molecular complexity index is 358. The standard InChI is InChI=1S/C9H10Cl2N2O2/c10-6-1-2-7(11)8(5-6)15-4-3-9(14)13-12/h1-2,5H,3-4,12H2,(H,13,14). The Morgan fingerprint density at radius 1 is 1.47 bits per heavy atom. The van der Waals surface area contributed by atoms with Gasteiger partial charge in [0.15, 0.2) is 0 Å². The monoisotopic (exact) mass is 248 g/mol. The van der Waals surface area contributed by atoms with Gasteiger partial charge in [0, 0.05) is 11.1 Å². The summed E-state index contributed by atoms with van der Waals surface area (Å²) >= 11 is 11.6.